The highest BCUT2D eigenvalue weighted by Gasteiger charge is 2.34. The molecule has 1 aliphatic heterocycles. The van der Waals surface area contributed by atoms with Gasteiger partial charge >= 0.3 is 6.18 Å². The molecule has 134 valence electrons. The highest BCUT2D eigenvalue weighted by Crippen LogP contribution is 2.35. The van der Waals surface area contributed by atoms with Crippen LogP contribution >= 0.6 is 11.6 Å². The molecule has 1 aliphatic rings. The summed E-state index contributed by atoms with van der Waals surface area (Å²) in [6.45, 7) is 2.26. The van der Waals surface area contributed by atoms with Gasteiger partial charge in [0.1, 0.15) is 5.15 Å². The maximum Gasteiger partial charge on any atom is 0.416 e. The third-order valence-corrected chi connectivity index (χ3v) is 4.19. The molecule has 1 saturated heterocycles. The molecule has 0 bridgehead atoms. The van der Waals surface area contributed by atoms with Crippen LogP contribution in [0.5, 0.6) is 0 Å². The monoisotopic (exact) mass is 371 g/mol. The summed E-state index contributed by atoms with van der Waals surface area (Å²) in [6, 6.07) is 7.67. The van der Waals surface area contributed by atoms with E-state index >= 15 is 0 Å². The van der Waals surface area contributed by atoms with E-state index in [0.29, 0.717) is 37.7 Å². The molecule has 25 heavy (non-hydrogen) atoms. The number of benzene rings is 1. The van der Waals surface area contributed by atoms with E-state index in [1.807, 2.05) is 4.90 Å². The number of pyridine rings is 1. The highest BCUT2D eigenvalue weighted by molar-refractivity contribution is 6.29. The summed E-state index contributed by atoms with van der Waals surface area (Å²) in [4.78, 5) is 5.75. The second kappa shape index (κ2) is 7.49. The van der Waals surface area contributed by atoms with Crippen LogP contribution in [-0.4, -0.2) is 31.3 Å². The van der Waals surface area contributed by atoms with E-state index < -0.39 is 11.7 Å². The van der Waals surface area contributed by atoms with E-state index in [4.69, 9.17) is 16.3 Å². The normalized spacial score (nSPS) is 15.3. The Hall–Kier alpha value is -1.99. The van der Waals surface area contributed by atoms with E-state index in [9.17, 15) is 13.2 Å². The standard InChI is InChI=1S/C17H17ClF3N3O/c18-16-9-13(3-4-22-16)23-11-12-1-2-14(10-15(12)17(19,20)21)24-5-7-25-8-6-24/h1-4,9-10H,5-8,11H2,(H,22,23). The summed E-state index contributed by atoms with van der Waals surface area (Å²) >= 11 is 5.79. The maximum atomic E-state index is 13.5. The number of aromatic nitrogens is 1. The molecule has 8 heteroatoms. The predicted octanol–water partition coefficient (Wildman–Crippen LogP) is 4.20. The average molecular weight is 372 g/mol. The fourth-order valence-electron chi connectivity index (χ4n) is 2.71. The zero-order chi connectivity index (χ0) is 17.9. The SMILES string of the molecule is FC(F)(F)c1cc(N2CCOCC2)ccc1CNc1ccnc(Cl)c1. The lowest BCUT2D eigenvalue weighted by atomic mass is 10.0. The van der Waals surface area contributed by atoms with Crippen molar-refractivity contribution in [2.24, 2.45) is 0 Å². The third-order valence-electron chi connectivity index (χ3n) is 3.98. The Morgan fingerprint density at radius 3 is 2.60 bits per heavy atom. The molecule has 4 nitrogen and oxygen atoms in total. The Bertz CT molecular complexity index is 733. The molecule has 0 amide bonds. The van der Waals surface area contributed by atoms with Crippen LogP contribution in [-0.2, 0) is 17.5 Å². The van der Waals surface area contributed by atoms with Crippen molar-refractivity contribution in [2.75, 3.05) is 36.5 Å². The van der Waals surface area contributed by atoms with Gasteiger partial charge in [-0.25, -0.2) is 4.98 Å². The van der Waals surface area contributed by atoms with Gasteiger partial charge in [-0.1, -0.05) is 17.7 Å². The minimum atomic E-state index is -4.42. The van der Waals surface area contributed by atoms with Gasteiger partial charge in [-0.3, -0.25) is 0 Å². The van der Waals surface area contributed by atoms with E-state index in [0.717, 1.165) is 0 Å². The molecule has 0 saturated carbocycles. The molecule has 2 aromatic rings. The minimum absolute atomic E-state index is 0.0403. The fraction of sp³-hybridized carbons (Fsp3) is 0.353. The van der Waals surface area contributed by atoms with Crippen molar-refractivity contribution in [2.45, 2.75) is 12.7 Å². The van der Waals surface area contributed by atoms with Gasteiger partial charge in [0.2, 0.25) is 0 Å². The van der Waals surface area contributed by atoms with Gasteiger partial charge in [0.15, 0.2) is 0 Å². The zero-order valence-electron chi connectivity index (χ0n) is 13.3. The first-order valence-corrected chi connectivity index (χ1v) is 8.19. The van der Waals surface area contributed by atoms with Gasteiger partial charge in [-0.05, 0) is 29.8 Å². The molecular formula is C17H17ClF3N3O. The van der Waals surface area contributed by atoms with Crippen LogP contribution < -0.4 is 10.2 Å². The summed E-state index contributed by atoms with van der Waals surface area (Å²) in [5.41, 5.74) is 0.721. The summed E-state index contributed by atoms with van der Waals surface area (Å²) in [7, 11) is 0. The molecule has 0 aliphatic carbocycles. The van der Waals surface area contributed by atoms with E-state index in [2.05, 4.69) is 10.3 Å². The third kappa shape index (κ3) is 4.55. The Morgan fingerprint density at radius 2 is 1.92 bits per heavy atom. The molecule has 2 heterocycles. The lowest BCUT2D eigenvalue weighted by molar-refractivity contribution is -0.138. The summed E-state index contributed by atoms with van der Waals surface area (Å²) in [5, 5.41) is 3.24. The second-order valence-electron chi connectivity index (χ2n) is 5.66. The number of alkyl halides is 3. The number of halogens is 4. The van der Waals surface area contributed by atoms with Crippen LogP contribution in [0.4, 0.5) is 24.5 Å². The topological polar surface area (TPSA) is 37.4 Å². The van der Waals surface area contributed by atoms with Crippen molar-refractivity contribution < 1.29 is 17.9 Å². The van der Waals surface area contributed by atoms with Crippen molar-refractivity contribution in [3.63, 3.8) is 0 Å². The van der Waals surface area contributed by atoms with Crippen LogP contribution in [0.15, 0.2) is 36.5 Å². The highest BCUT2D eigenvalue weighted by atomic mass is 35.5. The van der Waals surface area contributed by atoms with Crippen LogP contribution in [0.1, 0.15) is 11.1 Å². The first-order valence-electron chi connectivity index (χ1n) is 7.82. The number of ether oxygens (including phenoxy) is 1. The lowest BCUT2D eigenvalue weighted by Gasteiger charge is -2.29. The number of rotatable bonds is 4. The van der Waals surface area contributed by atoms with Crippen LogP contribution in [0.25, 0.3) is 0 Å². The van der Waals surface area contributed by atoms with Gasteiger partial charge in [-0.2, -0.15) is 13.2 Å². The van der Waals surface area contributed by atoms with Crippen LogP contribution in [0, 0.1) is 0 Å². The van der Waals surface area contributed by atoms with Gasteiger partial charge in [0.05, 0.1) is 18.8 Å². The molecule has 1 aromatic heterocycles. The molecule has 1 aromatic carbocycles. The van der Waals surface area contributed by atoms with Gasteiger partial charge in [0, 0.05) is 37.2 Å². The van der Waals surface area contributed by atoms with Gasteiger partial charge < -0.3 is 15.0 Å². The molecule has 0 unspecified atom stereocenters. The van der Waals surface area contributed by atoms with Crippen LogP contribution in [0.2, 0.25) is 5.15 Å². The first-order chi connectivity index (χ1) is 11.9. The molecule has 0 atom stereocenters. The smallest absolute Gasteiger partial charge is 0.381 e. The first kappa shape index (κ1) is 17.8. The van der Waals surface area contributed by atoms with Gasteiger partial charge in [0.25, 0.3) is 0 Å². The minimum Gasteiger partial charge on any atom is -0.381 e. The van der Waals surface area contributed by atoms with Crippen LogP contribution in [0.3, 0.4) is 0 Å². The molecule has 3 rings (SSSR count). The Balaban J connectivity index is 1.82. The quantitative estimate of drug-likeness (QED) is 0.817. The van der Waals surface area contributed by atoms with Crippen molar-refractivity contribution in [3.05, 3.63) is 52.8 Å². The Kier molecular flexibility index (Phi) is 5.34. The molecule has 1 N–H and O–H groups in total. The number of hydrogen-bond donors (Lipinski definition) is 1. The number of nitrogens with zero attached hydrogens (tertiary/aromatic N) is 2. The van der Waals surface area contributed by atoms with Gasteiger partial charge in [-0.15, -0.1) is 0 Å². The number of nitrogens with one attached hydrogen (secondary N) is 1. The zero-order valence-corrected chi connectivity index (χ0v) is 14.1. The molecular weight excluding hydrogens is 355 g/mol. The summed E-state index contributed by atoms with van der Waals surface area (Å²) in [5.74, 6) is 0. The Morgan fingerprint density at radius 1 is 1.16 bits per heavy atom. The largest absolute Gasteiger partial charge is 0.416 e. The second-order valence-corrected chi connectivity index (χ2v) is 6.05. The summed E-state index contributed by atoms with van der Waals surface area (Å²) in [6.07, 6.45) is -2.92. The average Bonchev–Trinajstić information content (AvgIpc) is 2.60. The molecule has 1 fully saturated rings. The van der Waals surface area contributed by atoms with E-state index in [-0.39, 0.29) is 17.3 Å². The fourth-order valence-corrected chi connectivity index (χ4v) is 2.88. The number of morpholine rings is 1. The van der Waals surface area contributed by atoms with E-state index in [1.165, 1.54) is 18.3 Å². The van der Waals surface area contributed by atoms with Crippen molar-refractivity contribution in [1.82, 2.24) is 4.98 Å². The summed E-state index contributed by atoms with van der Waals surface area (Å²) < 4.78 is 45.7. The van der Waals surface area contributed by atoms with Crippen molar-refractivity contribution in [3.8, 4) is 0 Å². The van der Waals surface area contributed by atoms with Crippen molar-refractivity contribution in [1.29, 1.82) is 0 Å². The van der Waals surface area contributed by atoms with Crippen molar-refractivity contribution >= 4 is 23.0 Å². The lowest BCUT2D eigenvalue weighted by Crippen LogP contribution is -2.36. The molecule has 0 radical (unpaired) electrons. The number of hydrogen-bond acceptors (Lipinski definition) is 4. The number of anilines is 2. The predicted molar refractivity (Wildman–Crippen MR) is 91.0 cm³/mol. The Labute approximate surface area is 148 Å². The molecule has 0 spiro atoms. The maximum absolute atomic E-state index is 13.5. The van der Waals surface area contributed by atoms with E-state index in [1.54, 1.807) is 18.2 Å².